The molecule has 2 N–H and O–H groups in total. The summed E-state index contributed by atoms with van der Waals surface area (Å²) in [5, 5.41) is 0. The summed E-state index contributed by atoms with van der Waals surface area (Å²) in [6.07, 6.45) is 1.78. The Morgan fingerprint density at radius 3 is 2.80 bits per heavy atom. The van der Waals surface area contributed by atoms with Crippen LogP contribution in [-0.4, -0.2) is 28.9 Å². The predicted octanol–water partition coefficient (Wildman–Crippen LogP) is 1.24. The predicted molar refractivity (Wildman–Crippen MR) is 62.5 cm³/mol. The number of nitrogens with two attached hydrogens (primary N) is 1. The van der Waals surface area contributed by atoms with E-state index in [4.69, 9.17) is 5.73 Å². The minimum absolute atomic E-state index is 0.219. The summed E-state index contributed by atoms with van der Waals surface area (Å²) in [6.45, 7) is 4.69. The first-order chi connectivity index (χ1) is 7.09. The highest BCUT2D eigenvalue weighted by Crippen LogP contribution is 1.99. The molecule has 1 aromatic rings. The van der Waals surface area contributed by atoms with Crippen molar-refractivity contribution in [1.29, 1.82) is 0 Å². The summed E-state index contributed by atoms with van der Waals surface area (Å²) in [5.41, 5.74) is 6.80. The Morgan fingerprint density at radius 2 is 2.27 bits per heavy atom. The third kappa shape index (κ3) is 3.97. The fraction of sp³-hybridized carbons (Fsp3) is 0.455. The van der Waals surface area contributed by atoms with E-state index in [1.54, 1.807) is 6.20 Å². The Balaban J connectivity index is 2.60. The van der Waals surface area contributed by atoms with Gasteiger partial charge in [0.15, 0.2) is 5.96 Å². The number of hydrogen-bond donors (Lipinski definition) is 1. The largest absolute Gasteiger partial charge is 0.370 e. The third-order valence-corrected chi connectivity index (χ3v) is 1.91. The lowest BCUT2D eigenvalue weighted by Crippen LogP contribution is -2.34. The van der Waals surface area contributed by atoms with Gasteiger partial charge in [-0.15, -0.1) is 0 Å². The zero-order valence-corrected chi connectivity index (χ0v) is 9.51. The summed E-state index contributed by atoms with van der Waals surface area (Å²) in [4.78, 5) is 10.4. The molecule has 4 heteroatoms. The average molecular weight is 206 g/mol. The first kappa shape index (κ1) is 11.5. The van der Waals surface area contributed by atoms with Crippen LogP contribution in [0.15, 0.2) is 29.4 Å². The highest BCUT2D eigenvalue weighted by Gasteiger charge is 2.03. The number of hydrogen-bond acceptors (Lipinski definition) is 2. The maximum Gasteiger partial charge on any atom is 0.191 e. The van der Waals surface area contributed by atoms with Gasteiger partial charge in [-0.3, -0.25) is 9.98 Å². The molecule has 4 nitrogen and oxygen atoms in total. The Labute approximate surface area is 90.8 Å². The molecule has 0 fully saturated rings. The van der Waals surface area contributed by atoms with Gasteiger partial charge in [-0.1, -0.05) is 6.07 Å². The molecule has 0 saturated carbocycles. The number of rotatable bonds is 3. The Kier molecular flexibility index (Phi) is 4.09. The lowest BCUT2D eigenvalue weighted by atomic mass is 10.3. The summed E-state index contributed by atoms with van der Waals surface area (Å²) in [5.74, 6) is 0.552. The molecule has 0 aromatic carbocycles. The molecule has 0 atom stereocenters. The van der Waals surface area contributed by atoms with Crippen molar-refractivity contribution in [2.24, 2.45) is 10.7 Å². The van der Waals surface area contributed by atoms with Crippen LogP contribution in [0, 0.1) is 0 Å². The summed E-state index contributed by atoms with van der Waals surface area (Å²) in [6, 6.07) is 6.05. The Hall–Kier alpha value is -1.58. The van der Waals surface area contributed by atoms with Crippen LogP contribution in [0.25, 0.3) is 0 Å². The molecule has 82 valence electrons. The topological polar surface area (TPSA) is 54.5 Å². The van der Waals surface area contributed by atoms with Gasteiger partial charge in [0.05, 0.1) is 12.2 Å². The lowest BCUT2D eigenvalue weighted by molar-refractivity contribution is 0.482. The van der Waals surface area contributed by atoms with Crippen molar-refractivity contribution in [2.45, 2.75) is 26.4 Å². The summed E-state index contributed by atoms with van der Waals surface area (Å²) < 4.78 is 0. The van der Waals surface area contributed by atoms with Crippen molar-refractivity contribution in [3.8, 4) is 0 Å². The number of guanidine groups is 1. The molecule has 1 aromatic heterocycles. The van der Waals surface area contributed by atoms with E-state index in [1.807, 2.05) is 44.0 Å². The van der Waals surface area contributed by atoms with Gasteiger partial charge in [-0.25, -0.2) is 0 Å². The van der Waals surface area contributed by atoms with E-state index in [0.717, 1.165) is 5.69 Å². The number of pyridine rings is 1. The fourth-order valence-corrected chi connectivity index (χ4v) is 1.18. The van der Waals surface area contributed by atoms with E-state index in [-0.39, 0.29) is 6.04 Å². The Morgan fingerprint density at radius 1 is 1.53 bits per heavy atom. The smallest absolute Gasteiger partial charge is 0.191 e. The monoisotopic (exact) mass is 206 g/mol. The second-order valence-electron chi connectivity index (χ2n) is 3.76. The van der Waals surface area contributed by atoms with Crippen molar-refractivity contribution >= 4 is 5.96 Å². The number of aliphatic imine (C=N–C) groups is 1. The van der Waals surface area contributed by atoms with E-state index in [9.17, 15) is 0 Å². The van der Waals surface area contributed by atoms with Gasteiger partial charge < -0.3 is 10.6 Å². The van der Waals surface area contributed by atoms with Crippen molar-refractivity contribution < 1.29 is 0 Å². The van der Waals surface area contributed by atoms with Crippen LogP contribution in [0.1, 0.15) is 19.5 Å². The molecule has 1 heterocycles. The lowest BCUT2D eigenvalue weighted by Gasteiger charge is -2.18. The zero-order valence-electron chi connectivity index (χ0n) is 9.51. The molecular weight excluding hydrogens is 188 g/mol. The van der Waals surface area contributed by atoms with Gasteiger partial charge in [0.1, 0.15) is 0 Å². The van der Waals surface area contributed by atoms with Crippen molar-refractivity contribution in [3.05, 3.63) is 30.1 Å². The van der Waals surface area contributed by atoms with Gasteiger partial charge in [0.2, 0.25) is 0 Å². The van der Waals surface area contributed by atoms with Gasteiger partial charge in [0, 0.05) is 19.3 Å². The summed E-state index contributed by atoms with van der Waals surface area (Å²) in [7, 11) is 1.91. The Bertz CT molecular complexity index is 319. The molecule has 15 heavy (non-hydrogen) atoms. The van der Waals surface area contributed by atoms with E-state index < -0.39 is 0 Å². The average Bonchev–Trinajstić information content (AvgIpc) is 2.18. The van der Waals surface area contributed by atoms with Gasteiger partial charge in [-0.05, 0) is 26.0 Å². The quantitative estimate of drug-likeness (QED) is 0.598. The zero-order chi connectivity index (χ0) is 11.3. The van der Waals surface area contributed by atoms with Crippen LogP contribution in [0.4, 0.5) is 0 Å². The molecule has 0 aliphatic rings. The van der Waals surface area contributed by atoms with Crippen LogP contribution in [0.5, 0.6) is 0 Å². The first-order valence-corrected chi connectivity index (χ1v) is 5.04. The van der Waals surface area contributed by atoms with Crippen LogP contribution < -0.4 is 5.73 Å². The molecule has 0 saturated heterocycles. The number of nitrogens with zero attached hydrogens (tertiary/aromatic N) is 3. The third-order valence-electron chi connectivity index (χ3n) is 1.91. The number of aromatic nitrogens is 1. The normalized spacial score (nSPS) is 11.9. The molecule has 1 rings (SSSR count). The molecule has 0 aliphatic carbocycles. The first-order valence-electron chi connectivity index (χ1n) is 5.04. The van der Waals surface area contributed by atoms with Crippen LogP contribution in [0.2, 0.25) is 0 Å². The molecule has 0 unspecified atom stereocenters. The van der Waals surface area contributed by atoms with Crippen molar-refractivity contribution in [1.82, 2.24) is 9.88 Å². The molecule has 0 radical (unpaired) electrons. The van der Waals surface area contributed by atoms with E-state index in [1.165, 1.54) is 0 Å². The fourth-order valence-electron chi connectivity index (χ4n) is 1.18. The van der Waals surface area contributed by atoms with E-state index in [2.05, 4.69) is 9.98 Å². The second-order valence-corrected chi connectivity index (χ2v) is 3.76. The molecule has 0 amide bonds. The van der Waals surface area contributed by atoms with Crippen molar-refractivity contribution in [3.63, 3.8) is 0 Å². The standard InChI is InChI=1S/C11H18N4/c1-9(2)14-11(12)15(3)8-10-6-4-5-7-13-10/h4-7,9H,8H2,1-3H3,(H2,12,14). The molecule has 0 spiro atoms. The maximum atomic E-state index is 5.81. The minimum Gasteiger partial charge on any atom is -0.370 e. The SMILES string of the molecule is CC(C)N=C(N)N(C)Cc1ccccn1. The maximum absolute atomic E-state index is 5.81. The van der Waals surface area contributed by atoms with Gasteiger partial charge >= 0.3 is 0 Å². The highest BCUT2D eigenvalue weighted by atomic mass is 15.2. The van der Waals surface area contributed by atoms with E-state index in [0.29, 0.717) is 12.5 Å². The van der Waals surface area contributed by atoms with Crippen molar-refractivity contribution in [2.75, 3.05) is 7.05 Å². The van der Waals surface area contributed by atoms with E-state index >= 15 is 0 Å². The van der Waals surface area contributed by atoms with Crippen LogP contribution in [0.3, 0.4) is 0 Å². The molecule has 0 aliphatic heterocycles. The van der Waals surface area contributed by atoms with Gasteiger partial charge in [0.25, 0.3) is 0 Å². The minimum atomic E-state index is 0.219. The molecular formula is C11H18N4. The second kappa shape index (κ2) is 5.34. The highest BCUT2D eigenvalue weighted by molar-refractivity contribution is 5.77. The molecule has 0 bridgehead atoms. The van der Waals surface area contributed by atoms with Gasteiger partial charge in [-0.2, -0.15) is 0 Å². The van der Waals surface area contributed by atoms with Crippen LogP contribution >= 0.6 is 0 Å². The van der Waals surface area contributed by atoms with Crippen LogP contribution in [-0.2, 0) is 6.54 Å². The summed E-state index contributed by atoms with van der Waals surface area (Å²) >= 11 is 0.